The number of hydrogen-bond donors (Lipinski definition) is 0. The lowest BCUT2D eigenvalue weighted by Gasteiger charge is -2.22. The maximum Gasteiger partial charge on any atom is 0.297 e. The molecule has 5 nitrogen and oxygen atoms in total. The van der Waals surface area contributed by atoms with Gasteiger partial charge >= 0.3 is 0 Å². The van der Waals surface area contributed by atoms with E-state index in [9.17, 15) is 9.59 Å². The van der Waals surface area contributed by atoms with Gasteiger partial charge in [0.05, 0.1) is 22.7 Å². The van der Waals surface area contributed by atoms with Gasteiger partial charge in [0.2, 0.25) is 5.76 Å². The number of rotatable bonds is 2. The number of anilines is 1. The molecular weight excluding hydrogens is 452 g/mol. The molecule has 5 rings (SSSR count). The van der Waals surface area contributed by atoms with Crippen LogP contribution < -0.4 is 10.3 Å². The predicted molar refractivity (Wildman–Crippen MR) is 117 cm³/mol. The second-order valence-corrected chi connectivity index (χ2v) is 9.04. The van der Waals surface area contributed by atoms with Crippen molar-refractivity contribution in [3.8, 4) is 0 Å². The highest BCUT2D eigenvalue weighted by atomic mass is 79.9. The molecule has 1 amide bonds. The standard InChI is InChI=1S/C22H15BrN2O3S/c1-11-12(2)29-22(24-11)25-18(13-6-5-7-14(23)10-13)17-19(26)15-8-3-4-9-16(15)28-20(17)21(25)27/h3-10,18H,1-2H3/t18-/m1/s1. The van der Waals surface area contributed by atoms with Crippen LogP contribution in [-0.4, -0.2) is 10.9 Å². The van der Waals surface area contributed by atoms with Crippen LogP contribution in [0.4, 0.5) is 5.13 Å². The summed E-state index contributed by atoms with van der Waals surface area (Å²) in [6.07, 6.45) is 0. The Morgan fingerprint density at radius 2 is 1.90 bits per heavy atom. The molecule has 0 radical (unpaired) electrons. The SMILES string of the molecule is Cc1nc(N2C(=O)c3oc4ccccc4c(=O)c3[C@H]2c2cccc(Br)c2)sc1C. The van der Waals surface area contributed by atoms with Gasteiger partial charge in [0, 0.05) is 9.35 Å². The molecule has 0 N–H and O–H groups in total. The second-order valence-electron chi connectivity index (χ2n) is 6.94. The smallest absolute Gasteiger partial charge is 0.297 e. The summed E-state index contributed by atoms with van der Waals surface area (Å²) in [6, 6.07) is 14.0. The largest absolute Gasteiger partial charge is 0.450 e. The Labute approximate surface area is 178 Å². The Balaban J connectivity index is 1.84. The van der Waals surface area contributed by atoms with Gasteiger partial charge in [-0.1, -0.05) is 40.2 Å². The van der Waals surface area contributed by atoms with Crippen LogP contribution in [0.5, 0.6) is 0 Å². The third kappa shape index (κ3) is 2.76. The molecule has 1 aliphatic heterocycles. The minimum Gasteiger partial charge on any atom is -0.450 e. The van der Waals surface area contributed by atoms with E-state index < -0.39 is 6.04 Å². The molecule has 2 aromatic carbocycles. The van der Waals surface area contributed by atoms with Gasteiger partial charge in [-0.05, 0) is 43.7 Å². The summed E-state index contributed by atoms with van der Waals surface area (Å²) in [5.41, 5.74) is 2.27. The topological polar surface area (TPSA) is 63.4 Å². The number of carbonyl (C=O) groups excluding carboxylic acids is 1. The van der Waals surface area contributed by atoms with E-state index in [2.05, 4.69) is 20.9 Å². The monoisotopic (exact) mass is 466 g/mol. The van der Waals surface area contributed by atoms with Crippen molar-refractivity contribution in [2.75, 3.05) is 4.90 Å². The van der Waals surface area contributed by atoms with Crippen molar-refractivity contribution < 1.29 is 9.21 Å². The van der Waals surface area contributed by atoms with E-state index >= 15 is 0 Å². The number of carbonyl (C=O) groups is 1. The van der Waals surface area contributed by atoms with Crippen molar-refractivity contribution in [3.63, 3.8) is 0 Å². The molecule has 2 aromatic heterocycles. The average Bonchev–Trinajstić information content (AvgIpc) is 3.19. The Hall–Kier alpha value is -2.77. The lowest BCUT2D eigenvalue weighted by Crippen LogP contribution is -2.29. The molecule has 0 saturated heterocycles. The third-order valence-corrected chi connectivity index (χ3v) is 6.73. The van der Waals surface area contributed by atoms with Crippen molar-refractivity contribution in [2.45, 2.75) is 19.9 Å². The van der Waals surface area contributed by atoms with Gasteiger partial charge in [0.25, 0.3) is 5.91 Å². The fourth-order valence-corrected chi connectivity index (χ4v) is 5.02. The summed E-state index contributed by atoms with van der Waals surface area (Å²) in [5.74, 6) is -0.259. The minimum atomic E-state index is -0.596. The number of amides is 1. The first-order chi connectivity index (χ1) is 14.0. The lowest BCUT2D eigenvalue weighted by atomic mass is 9.99. The molecule has 0 saturated carbocycles. The average molecular weight is 467 g/mol. The van der Waals surface area contributed by atoms with Crippen molar-refractivity contribution in [1.29, 1.82) is 0 Å². The summed E-state index contributed by atoms with van der Waals surface area (Å²) in [5, 5.41) is 1.03. The van der Waals surface area contributed by atoms with Crippen LogP contribution in [0.25, 0.3) is 11.0 Å². The summed E-state index contributed by atoms with van der Waals surface area (Å²) in [4.78, 5) is 34.1. The van der Waals surface area contributed by atoms with E-state index in [0.717, 1.165) is 20.6 Å². The molecule has 1 atom stereocenters. The van der Waals surface area contributed by atoms with E-state index in [1.165, 1.54) is 11.3 Å². The summed E-state index contributed by atoms with van der Waals surface area (Å²) in [6.45, 7) is 3.88. The van der Waals surface area contributed by atoms with Crippen LogP contribution in [0.1, 0.15) is 38.3 Å². The number of benzene rings is 2. The Morgan fingerprint density at radius 3 is 2.62 bits per heavy atom. The van der Waals surface area contributed by atoms with E-state index in [1.807, 2.05) is 38.1 Å². The Morgan fingerprint density at radius 1 is 1.10 bits per heavy atom. The van der Waals surface area contributed by atoms with E-state index in [-0.39, 0.29) is 17.1 Å². The fourth-order valence-electron chi connectivity index (χ4n) is 3.67. The molecular formula is C22H15BrN2O3S. The molecule has 4 aromatic rings. The maximum absolute atomic E-state index is 13.4. The van der Waals surface area contributed by atoms with Crippen molar-refractivity contribution in [3.05, 3.63) is 90.7 Å². The first-order valence-electron chi connectivity index (χ1n) is 9.04. The van der Waals surface area contributed by atoms with E-state index in [1.54, 1.807) is 29.2 Å². The highest BCUT2D eigenvalue weighted by Crippen LogP contribution is 2.43. The zero-order valence-corrected chi connectivity index (χ0v) is 18.0. The van der Waals surface area contributed by atoms with Gasteiger partial charge in [-0.2, -0.15) is 0 Å². The Kier molecular flexibility index (Phi) is 4.18. The minimum absolute atomic E-state index is 0.0872. The summed E-state index contributed by atoms with van der Waals surface area (Å²) in [7, 11) is 0. The van der Waals surface area contributed by atoms with Gasteiger partial charge < -0.3 is 4.42 Å². The normalized spacial score (nSPS) is 15.9. The molecule has 0 bridgehead atoms. The zero-order chi connectivity index (χ0) is 20.3. The van der Waals surface area contributed by atoms with Crippen LogP contribution in [0, 0.1) is 13.8 Å². The molecule has 0 unspecified atom stereocenters. The van der Waals surface area contributed by atoms with E-state index in [4.69, 9.17) is 4.42 Å². The molecule has 0 aliphatic carbocycles. The third-order valence-electron chi connectivity index (χ3n) is 5.17. The number of hydrogen-bond acceptors (Lipinski definition) is 5. The van der Waals surface area contributed by atoms with Crippen LogP contribution in [0.2, 0.25) is 0 Å². The quantitative estimate of drug-likeness (QED) is 0.397. The molecule has 7 heteroatoms. The van der Waals surface area contributed by atoms with Gasteiger partial charge in [-0.3, -0.25) is 14.5 Å². The van der Waals surface area contributed by atoms with Crippen LogP contribution in [0.15, 0.2) is 62.2 Å². The second kappa shape index (κ2) is 6.64. The number of para-hydroxylation sites is 1. The highest BCUT2D eigenvalue weighted by molar-refractivity contribution is 9.10. The van der Waals surface area contributed by atoms with Gasteiger partial charge in [0.15, 0.2) is 10.6 Å². The van der Waals surface area contributed by atoms with Crippen molar-refractivity contribution in [1.82, 2.24) is 4.98 Å². The lowest BCUT2D eigenvalue weighted by molar-refractivity contribution is 0.0971. The molecule has 0 fully saturated rings. The van der Waals surface area contributed by atoms with Gasteiger partial charge in [-0.25, -0.2) is 4.98 Å². The maximum atomic E-state index is 13.4. The van der Waals surface area contributed by atoms with Gasteiger partial charge in [-0.15, -0.1) is 11.3 Å². The number of nitrogens with zero attached hydrogens (tertiary/aromatic N) is 2. The molecule has 29 heavy (non-hydrogen) atoms. The van der Waals surface area contributed by atoms with Crippen LogP contribution >= 0.6 is 27.3 Å². The number of thiazole rings is 1. The number of halogens is 1. The number of aryl methyl sites for hydroxylation is 2. The van der Waals surface area contributed by atoms with Crippen molar-refractivity contribution >= 4 is 49.3 Å². The highest BCUT2D eigenvalue weighted by Gasteiger charge is 2.45. The molecule has 0 spiro atoms. The predicted octanol–water partition coefficient (Wildman–Crippen LogP) is 5.38. The van der Waals surface area contributed by atoms with Crippen LogP contribution in [-0.2, 0) is 0 Å². The van der Waals surface area contributed by atoms with Crippen molar-refractivity contribution in [2.24, 2.45) is 0 Å². The number of aromatic nitrogens is 1. The molecule has 1 aliphatic rings. The fraction of sp³-hybridized carbons (Fsp3) is 0.136. The summed E-state index contributed by atoms with van der Waals surface area (Å²) < 4.78 is 6.81. The first kappa shape index (κ1) is 18.3. The molecule has 144 valence electrons. The van der Waals surface area contributed by atoms with E-state index in [0.29, 0.717) is 21.7 Å². The zero-order valence-electron chi connectivity index (χ0n) is 15.6. The first-order valence-corrected chi connectivity index (χ1v) is 10.7. The van der Waals surface area contributed by atoms with Crippen LogP contribution in [0.3, 0.4) is 0 Å². The summed E-state index contributed by atoms with van der Waals surface area (Å²) >= 11 is 4.93. The van der Waals surface area contributed by atoms with Gasteiger partial charge in [0.1, 0.15) is 5.58 Å². The Bertz CT molecular complexity index is 1340. The number of fused-ring (bicyclic) bond motifs is 2. The molecule has 3 heterocycles.